The van der Waals surface area contributed by atoms with Gasteiger partial charge in [0.1, 0.15) is 11.2 Å². The SMILES string of the molecule is [2H]c1nc([2H])c(C([2H])([2H])F)nc1Br. The Labute approximate surface area is 65.9 Å². The highest BCUT2D eigenvalue weighted by molar-refractivity contribution is 9.10. The second-order valence-electron chi connectivity index (χ2n) is 1.18. The molecule has 1 heterocycles. The number of hydrogen-bond donors (Lipinski definition) is 0. The van der Waals surface area contributed by atoms with Gasteiger partial charge in [-0.3, -0.25) is 4.98 Å². The molecule has 1 rings (SSSR count). The smallest absolute Gasteiger partial charge is 0.133 e. The van der Waals surface area contributed by atoms with Crippen molar-refractivity contribution in [3.63, 3.8) is 0 Å². The van der Waals surface area contributed by atoms with Crippen molar-refractivity contribution >= 4 is 15.9 Å². The summed E-state index contributed by atoms with van der Waals surface area (Å²) in [5.74, 6) is 0. The van der Waals surface area contributed by atoms with E-state index in [-0.39, 0.29) is 10.8 Å². The van der Waals surface area contributed by atoms with Crippen LogP contribution in [0.3, 0.4) is 0 Å². The summed E-state index contributed by atoms with van der Waals surface area (Å²) in [6, 6.07) is 0. The van der Waals surface area contributed by atoms with Crippen LogP contribution in [0.15, 0.2) is 16.9 Å². The molecule has 0 aliphatic rings. The first kappa shape index (κ1) is 3.05. The van der Waals surface area contributed by atoms with Crippen LogP contribution in [-0.4, -0.2) is 9.97 Å². The quantitative estimate of drug-likeness (QED) is 0.681. The standard InChI is InChI=1S/C5H4BrFN2/c6-5-3-8-2-4(1-7)9-5/h2-3H,1H2/i1D2,2D,3D. The summed E-state index contributed by atoms with van der Waals surface area (Å²) in [6.07, 6.45) is -0.987. The summed E-state index contributed by atoms with van der Waals surface area (Å²) in [4.78, 5) is 6.66. The summed E-state index contributed by atoms with van der Waals surface area (Å²) in [7, 11) is 0. The van der Waals surface area contributed by atoms with Gasteiger partial charge in [0.2, 0.25) is 0 Å². The maximum Gasteiger partial charge on any atom is 0.133 e. The number of hydrogen-bond acceptors (Lipinski definition) is 2. The van der Waals surface area contributed by atoms with Crippen molar-refractivity contribution in [1.29, 1.82) is 0 Å². The average Bonchev–Trinajstić information content (AvgIpc) is 1.94. The molecule has 0 saturated heterocycles. The average molecular weight is 195 g/mol. The van der Waals surface area contributed by atoms with Gasteiger partial charge in [-0.25, -0.2) is 9.37 Å². The first-order chi connectivity index (χ1) is 5.82. The monoisotopic (exact) mass is 194 g/mol. The minimum absolute atomic E-state index is 0.0833. The normalized spacial score (nSPS) is 17.6. The summed E-state index contributed by atoms with van der Waals surface area (Å²) in [5, 5.41) is 0. The molecule has 2 nitrogen and oxygen atoms in total. The van der Waals surface area contributed by atoms with Crippen LogP contribution in [0.25, 0.3) is 0 Å². The second-order valence-corrected chi connectivity index (χ2v) is 1.93. The van der Waals surface area contributed by atoms with Gasteiger partial charge in [0, 0.05) is 0 Å². The fourth-order valence-electron chi connectivity index (χ4n) is 0.317. The van der Waals surface area contributed by atoms with E-state index in [1.54, 1.807) is 0 Å². The lowest BCUT2D eigenvalue weighted by Crippen LogP contribution is -1.86. The molecular weight excluding hydrogens is 187 g/mol. The second kappa shape index (κ2) is 2.87. The molecular formula is C5H4BrFN2. The Bertz CT molecular complexity index is 340. The maximum absolute atomic E-state index is 12.7. The molecule has 0 N–H and O–H groups in total. The van der Waals surface area contributed by atoms with Gasteiger partial charge in [0.15, 0.2) is 0 Å². The lowest BCUT2D eigenvalue weighted by Gasteiger charge is -1.90. The molecule has 4 heteroatoms. The van der Waals surface area contributed by atoms with Crippen molar-refractivity contribution < 1.29 is 9.87 Å². The zero-order chi connectivity index (χ0) is 10.2. The molecule has 0 unspecified atom stereocenters. The summed E-state index contributed by atoms with van der Waals surface area (Å²) in [6.45, 7) is -3.21. The third-order valence-electron chi connectivity index (χ3n) is 0.609. The minimum atomic E-state index is -3.21. The zero-order valence-electron chi connectivity index (χ0n) is 8.15. The van der Waals surface area contributed by atoms with E-state index < -0.39 is 18.5 Å². The Morgan fingerprint density at radius 3 is 3.33 bits per heavy atom. The van der Waals surface area contributed by atoms with Gasteiger partial charge < -0.3 is 0 Å². The predicted octanol–water partition coefficient (Wildman–Crippen LogP) is 1.71. The highest BCUT2D eigenvalue weighted by Gasteiger charge is 1.92. The van der Waals surface area contributed by atoms with Crippen molar-refractivity contribution in [2.45, 2.75) is 6.63 Å². The van der Waals surface area contributed by atoms with Crippen molar-refractivity contribution in [3.05, 3.63) is 22.6 Å². The molecule has 0 aliphatic carbocycles. The number of rotatable bonds is 1. The van der Waals surface area contributed by atoms with E-state index in [4.69, 9.17) is 5.48 Å². The molecule has 1 aromatic heterocycles. The molecule has 0 fully saturated rings. The van der Waals surface area contributed by atoms with Crippen LogP contribution in [0.5, 0.6) is 0 Å². The molecule has 9 heavy (non-hydrogen) atoms. The Morgan fingerprint density at radius 2 is 2.67 bits per heavy atom. The third kappa shape index (κ3) is 1.71. The molecule has 0 saturated carbocycles. The van der Waals surface area contributed by atoms with E-state index in [1.807, 2.05) is 0 Å². The van der Waals surface area contributed by atoms with Crippen LogP contribution < -0.4 is 0 Å². The van der Waals surface area contributed by atoms with Crippen LogP contribution in [0.1, 0.15) is 11.2 Å². The van der Waals surface area contributed by atoms with E-state index in [1.165, 1.54) is 0 Å². The van der Waals surface area contributed by atoms with E-state index in [0.29, 0.717) is 0 Å². The highest BCUT2D eigenvalue weighted by atomic mass is 79.9. The fourth-order valence-corrected chi connectivity index (χ4v) is 0.583. The highest BCUT2D eigenvalue weighted by Crippen LogP contribution is 2.03. The van der Waals surface area contributed by atoms with Gasteiger partial charge in [0.25, 0.3) is 0 Å². The van der Waals surface area contributed by atoms with Crippen molar-refractivity contribution in [1.82, 2.24) is 9.97 Å². The van der Waals surface area contributed by atoms with Crippen molar-refractivity contribution in [3.8, 4) is 0 Å². The van der Waals surface area contributed by atoms with Gasteiger partial charge in [-0.2, -0.15) is 0 Å². The molecule has 0 aliphatic heterocycles. The fraction of sp³-hybridized carbons (Fsp3) is 0.200. The third-order valence-corrected chi connectivity index (χ3v) is 0.964. The first-order valence-corrected chi connectivity index (χ1v) is 2.82. The molecule has 1 aromatic rings. The first-order valence-electron chi connectivity index (χ1n) is 4.02. The minimum Gasteiger partial charge on any atom is -0.260 e. The maximum atomic E-state index is 12.7. The predicted molar refractivity (Wildman–Crippen MR) is 34.5 cm³/mol. The van der Waals surface area contributed by atoms with Crippen LogP contribution >= 0.6 is 15.9 Å². The molecule has 0 aromatic carbocycles. The van der Waals surface area contributed by atoms with Crippen molar-refractivity contribution in [2.75, 3.05) is 0 Å². The summed E-state index contributed by atoms with van der Waals surface area (Å²) in [5.41, 5.74) is -0.727. The molecule has 0 radical (unpaired) electrons. The summed E-state index contributed by atoms with van der Waals surface area (Å²) >= 11 is 2.79. The number of aromatic nitrogens is 2. The Kier molecular flexibility index (Phi) is 0.973. The summed E-state index contributed by atoms with van der Waals surface area (Å²) < 4.78 is 40.1. The van der Waals surface area contributed by atoms with E-state index in [9.17, 15) is 4.39 Å². The van der Waals surface area contributed by atoms with Gasteiger partial charge in [-0.15, -0.1) is 0 Å². The van der Waals surface area contributed by atoms with Gasteiger partial charge >= 0.3 is 0 Å². The Hall–Kier alpha value is -0.510. The topological polar surface area (TPSA) is 25.8 Å². The Balaban J connectivity index is 3.32. The van der Waals surface area contributed by atoms with Crippen molar-refractivity contribution in [2.24, 2.45) is 0 Å². The van der Waals surface area contributed by atoms with Crippen LogP contribution in [0.4, 0.5) is 4.39 Å². The number of alkyl halides is 1. The number of nitrogens with zero attached hydrogens (tertiary/aromatic N) is 2. The largest absolute Gasteiger partial charge is 0.260 e. The lowest BCUT2D eigenvalue weighted by molar-refractivity contribution is 0.474. The van der Waals surface area contributed by atoms with E-state index >= 15 is 0 Å². The molecule has 0 atom stereocenters. The zero-order valence-corrected chi connectivity index (χ0v) is 5.74. The van der Waals surface area contributed by atoms with Crippen LogP contribution in [0.2, 0.25) is 0 Å². The Morgan fingerprint density at radius 1 is 1.89 bits per heavy atom. The molecule has 0 amide bonds. The van der Waals surface area contributed by atoms with E-state index in [2.05, 4.69) is 25.9 Å². The van der Waals surface area contributed by atoms with Crippen LogP contribution in [0, 0.1) is 0 Å². The van der Waals surface area contributed by atoms with Gasteiger partial charge in [-0.1, -0.05) is 0 Å². The van der Waals surface area contributed by atoms with Gasteiger partial charge in [-0.05, 0) is 15.9 Å². The molecule has 0 spiro atoms. The van der Waals surface area contributed by atoms with Crippen LogP contribution in [-0.2, 0) is 6.63 Å². The lowest BCUT2D eigenvalue weighted by atomic mass is 10.5. The molecule has 48 valence electrons. The molecule has 0 bridgehead atoms. The van der Waals surface area contributed by atoms with E-state index in [0.717, 1.165) is 0 Å². The number of halogens is 2. The van der Waals surface area contributed by atoms with Gasteiger partial charge in [0.05, 0.1) is 23.5 Å².